The van der Waals surface area contributed by atoms with Crippen molar-refractivity contribution in [1.29, 1.82) is 0 Å². The van der Waals surface area contributed by atoms with Crippen molar-refractivity contribution in [2.24, 2.45) is 11.7 Å². The van der Waals surface area contributed by atoms with E-state index in [1.807, 2.05) is 5.32 Å². The molecule has 0 aromatic heterocycles. The normalized spacial score (nSPS) is 19.5. The van der Waals surface area contributed by atoms with E-state index in [9.17, 15) is 23.6 Å². The summed E-state index contributed by atoms with van der Waals surface area (Å²) >= 11 is 0. The molecule has 1 saturated heterocycles. The van der Waals surface area contributed by atoms with Crippen LogP contribution in [0.15, 0.2) is 24.3 Å². The van der Waals surface area contributed by atoms with Crippen LogP contribution in [0.2, 0.25) is 0 Å². The molecule has 1 aromatic rings. The smallest absolute Gasteiger partial charge is 0.324 e. The van der Waals surface area contributed by atoms with Crippen LogP contribution in [0.5, 0.6) is 0 Å². The topological polar surface area (TPSA) is 110 Å². The molecule has 2 rings (SSSR count). The lowest BCUT2D eigenvalue weighted by Crippen LogP contribution is -2.61. The van der Waals surface area contributed by atoms with Gasteiger partial charge < -0.3 is 5.73 Å². The van der Waals surface area contributed by atoms with Gasteiger partial charge in [0.1, 0.15) is 5.82 Å². The van der Waals surface area contributed by atoms with Gasteiger partial charge in [-0.05, 0) is 31.5 Å². The van der Waals surface area contributed by atoms with Gasteiger partial charge in [0.15, 0.2) is 11.7 Å². The average molecular weight is 335 g/mol. The van der Waals surface area contributed by atoms with E-state index in [1.54, 1.807) is 19.9 Å². The van der Waals surface area contributed by atoms with E-state index in [0.717, 1.165) is 4.90 Å². The SMILES string of the molecule is CC(C)N1C(=O)NC(=O)C(C(=O)CC(N)c2cccc(F)c2)C1=O. The molecule has 1 fully saturated rings. The molecule has 2 atom stereocenters. The van der Waals surface area contributed by atoms with Crippen LogP contribution in [0, 0.1) is 11.7 Å². The number of nitrogens with two attached hydrogens (primary N) is 1. The van der Waals surface area contributed by atoms with Gasteiger partial charge in [-0.15, -0.1) is 0 Å². The van der Waals surface area contributed by atoms with Crippen molar-refractivity contribution in [3.8, 4) is 0 Å². The summed E-state index contributed by atoms with van der Waals surface area (Å²) in [5.41, 5.74) is 6.25. The summed E-state index contributed by atoms with van der Waals surface area (Å²) < 4.78 is 13.2. The second-order valence-electron chi connectivity index (χ2n) is 5.86. The second-order valence-corrected chi connectivity index (χ2v) is 5.86. The summed E-state index contributed by atoms with van der Waals surface area (Å²) in [5, 5.41) is 2.00. The number of imide groups is 2. The quantitative estimate of drug-likeness (QED) is 0.777. The number of hydrogen-bond donors (Lipinski definition) is 2. The van der Waals surface area contributed by atoms with Crippen molar-refractivity contribution < 1.29 is 23.6 Å². The fraction of sp³-hybridized carbons (Fsp3) is 0.375. The molecular formula is C16H18FN3O4. The molecule has 0 aliphatic carbocycles. The molecule has 7 nitrogen and oxygen atoms in total. The fourth-order valence-corrected chi connectivity index (χ4v) is 2.55. The molecule has 0 radical (unpaired) electrons. The Kier molecular flexibility index (Phi) is 5.08. The van der Waals surface area contributed by atoms with Crippen LogP contribution in [0.1, 0.15) is 31.9 Å². The van der Waals surface area contributed by atoms with Crippen molar-refractivity contribution in [3.63, 3.8) is 0 Å². The summed E-state index contributed by atoms with van der Waals surface area (Å²) in [7, 11) is 0. The van der Waals surface area contributed by atoms with Gasteiger partial charge in [-0.3, -0.25) is 24.6 Å². The molecule has 0 bridgehead atoms. The molecule has 1 aliphatic heterocycles. The van der Waals surface area contributed by atoms with Crippen LogP contribution >= 0.6 is 0 Å². The van der Waals surface area contributed by atoms with E-state index in [0.29, 0.717) is 5.56 Å². The van der Waals surface area contributed by atoms with Crippen molar-refractivity contribution in [2.75, 3.05) is 0 Å². The minimum absolute atomic E-state index is 0.326. The maximum absolute atomic E-state index is 13.2. The highest BCUT2D eigenvalue weighted by atomic mass is 19.1. The number of ketones is 1. The van der Waals surface area contributed by atoms with Crippen molar-refractivity contribution in [2.45, 2.75) is 32.4 Å². The maximum Gasteiger partial charge on any atom is 0.331 e. The van der Waals surface area contributed by atoms with Crippen LogP contribution in [-0.4, -0.2) is 34.6 Å². The summed E-state index contributed by atoms with van der Waals surface area (Å²) in [6, 6.07) is 3.21. The molecule has 0 saturated carbocycles. The molecule has 1 aromatic carbocycles. The van der Waals surface area contributed by atoms with Gasteiger partial charge in [-0.2, -0.15) is 0 Å². The number of amides is 4. The first-order valence-electron chi connectivity index (χ1n) is 7.44. The predicted octanol–water partition coefficient (Wildman–Crippen LogP) is 0.888. The molecule has 8 heteroatoms. The number of nitrogens with zero attached hydrogens (tertiary/aromatic N) is 1. The molecule has 24 heavy (non-hydrogen) atoms. The number of hydrogen-bond acceptors (Lipinski definition) is 5. The third kappa shape index (κ3) is 3.48. The summed E-state index contributed by atoms with van der Waals surface area (Å²) in [6.07, 6.45) is -0.326. The van der Waals surface area contributed by atoms with Crippen molar-refractivity contribution >= 4 is 23.6 Å². The number of rotatable bonds is 5. The first-order chi connectivity index (χ1) is 11.2. The number of Topliss-reactive ketones (excluding diaryl/α,β-unsaturated/α-hetero) is 1. The highest BCUT2D eigenvalue weighted by molar-refractivity contribution is 6.26. The zero-order valence-electron chi connectivity index (χ0n) is 13.3. The number of urea groups is 1. The molecule has 1 aliphatic rings. The Morgan fingerprint density at radius 3 is 2.58 bits per heavy atom. The highest BCUT2D eigenvalue weighted by Gasteiger charge is 2.45. The Bertz CT molecular complexity index is 704. The first kappa shape index (κ1) is 17.7. The van der Waals surface area contributed by atoms with Gasteiger partial charge in [0.25, 0.3) is 5.91 Å². The third-order valence-corrected chi connectivity index (χ3v) is 3.73. The van der Waals surface area contributed by atoms with Gasteiger partial charge in [0.05, 0.1) is 0 Å². The predicted molar refractivity (Wildman–Crippen MR) is 82.0 cm³/mol. The Balaban J connectivity index is 2.17. The van der Waals surface area contributed by atoms with Crippen LogP contribution in [0.25, 0.3) is 0 Å². The molecule has 1 heterocycles. The molecule has 128 valence electrons. The lowest BCUT2D eigenvalue weighted by atomic mass is 9.92. The number of benzene rings is 1. The fourth-order valence-electron chi connectivity index (χ4n) is 2.55. The van der Waals surface area contributed by atoms with Gasteiger partial charge in [0, 0.05) is 18.5 Å². The number of carbonyl (C=O) groups is 4. The average Bonchev–Trinajstić information content (AvgIpc) is 2.45. The molecular weight excluding hydrogens is 317 g/mol. The second kappa shape index (κ2) is 6.88. The summed E-state index contributed by atoms with van der Waals surface area (Å²) in [5.74, 6) is -4.66. The molecule has 4 amide bonds. The van der Waals surface area contributed by atoms with E-state index in [1.165, 1.54) is 18.2 Å². The number of nitrogens with one attached hydrogen (secondary N) is 1. The van der Waals surface area contributed by atoms with E-state index in [4.69, 9.17) is 5.73 Å². The van der Waals surface area contributed by atoms with Crippen molar-refractivity contribution in [3.05, 3.63) is 35.6 Å². The maximum atomic E-state index is 13.2. The van der Waals surface area contributed by atoms with E-state index < -0.39 is 47.4 Å². The van der Waals surface area contributed by atoms with Crippen LogP contribution in [0.3, 0.4) is 0 Å². The molecule has 2 unspecified atom stereocenters. The number of barbiturate groups is 1. The minimum atomic E-state index is -1.62. The lowest BCUT2D eigenvalue weighted by Gasteiger charge is -2.32. The van der Waals surface area contributed by atoms with E-state index in [-0.39, 0.29) is 6.42 Å². The van der Waals surface area contributed by atoms with Crippen LogP contribution in [-0.2, 0) is 14.4 Å². The highest BCUT2D eigenvalue weighted by Crippen LogP contribution is 2.21. The van der Waals surface area contributed by atoms with E-state index in [2.05, 4.69) is 0 Å². The Morgan fingerprint density at radius 1 is 1.33 bits per heavy atom. The summed E-state index contributed by atoms with van der Waals surface area (Å²) in [4.78, 5) is 49.1. The lowest BCUT2D eigenvalue weighted by molar-refractivity contribution is -0.148. The van der Waals surface area contributed by atoms with Gasteiger partial charge in [-0.25, -0.2) is 9.18 Å². The minimum Gasteiger partial charge on any atom is -0.324 e. The monoisotopic (exact) mass is 335 g/mol. The zero-order valence-corrected chi connectivity index (χ0v) is 13.3. The first-order valence-corrected chi connectivity index (χ1v) is 7.44. The Labute approximate surface area is 138 Å². The molecule has 3 N–H and O–H groups in total. The third-order valence-electron chi connectivity index (χ3n) is 3.73. The zero-order chi connectivity index (χ0) is 18.0. The number of carbonyl (C=O) groups excluding carboxylic acids is 4. The Hall–Kier alpha value is -2.61. The van der Waals surface area contributed by atoms with Gasteiger partial charge in [0.2, 0.25) is 5.91 Å². The van der Waals surface area contributed by atoms with Crippen LogP contribution < -0.4 is 11.1 Å². The standard InChI is InChI=1S/C16H18FN3O4/c1-8(2)20-15(23)13(14(22)19-16(20)24)12(21)7-11(18)9-4-3-5-10(17)6-9/h3-6,8,11,13H,7,18H2,1-2H3,(H,19,22,24). The van der Waals surface area contributed by atoms with Crippen molar-refractivity contribution in [1.82, 2.24) is 10.2 Å². The van der Waals surface area contributed by atoms with Crippen LogP contribution in [0.4, 0.5) is 9.18 Å². The largest absolute Gasteiger partial charge is 0.331 e. The summed E-state index contributed by atoms with van der Waals surface area (Å²) in [6.45, 7) is 3.18. The number of halogens is 1. The van der Waals surface area contributed by atoms with Gasteiger partial charge >= 0.3 is 6.03 Å². The Morgan fingerprint density at radius 2 is 2.00 bits per heavy atom. The van der Waals surface area contributed by atoms with Gasteiger partial charge in [-0.1, -0.05) is 12.1 Å². The molecule has 0 spiro atoms. The van der Waals surface area contributed by atoms with E-state index >= 15 is 0 Å².